The van der Waals surface area contributed by atoms with Crippen molar-refractivity contribution in [2.24, 2.45) is 0 Å². The number of phenols is 1. The molecule has 0 spiro atoms. The number of aliphatic hydroxyl groups is 1. The number of benzene rings is 1. The van der Waals surface area contributed by atoms with Gasteiger partial charge >= 0.3 is 0 Å². The summed E-state index contributed by atoms with van der Waals surface area (Å²) in [5.74, 6) is 0.779. The fraction of sp³-hybridized carbons (Fsp3) is 0.538. The largest absolute Gasteiger partial charge is 0.508 e. The lowest BCUT2D eigenvalue weighted by Gasteiger charge is -2.38. The SMILES string of the molecule is CC1(CO)CC(c2ccc(O)cc2)CCN1. The standard InChI is InChI=1S/C13H19NO2/c1-13(9-15)8-11(6-7-14-13)10-2-4-12(16)5-3-10/h2-5,11,14-16H,6-9H2,1H3. The summed E-state index contributed by atoms with van der Waals surface area (Å²) in [7, 11) is 0. The zero-order valence-corrected chi connectivity index (χ0v) is 9.61. The number of piperidine rings is 1. The third kappa shape index (κ3) is 2.36. The smallest absolute Gasteiger partial charge is 0.115 e. The fourth-order valence-corrected chi connectivity index (χ4v) is 2.42. The summed E-state index contributed by atoms with van der Waals surface area (Å²) in [6, 6.07) is 7.41. The van der Waals surface area contributed by atoms with E-state index in [1.807, 2.05) is 12.1 Å². The maximum Gasteiger partial charge on any atom is 0.115 e. The van der Waals surface area contributed by atoms with Gasteiger partial charge in [0, 0.05) is 5.54 Å². The molecule has 2 unspecified atom stereocenters. The van der Waals surface area contributed by atoms with Crippen LogP contribution in [0.4, 0.5) is 0 Å². The van der Waals surface area contributed by atoms with E-state index in [-0.39, 0.29) is 12.1 Å². The Labute approximate surface area is 96.1 Å². The van der Waals surface area contributed by atoms with E-state index in [4.69, 9.17) is 0 Å². The lowest BCUT2D eigenvalue weighted by molar-refractivity contribution is 0.137. The minimum Gasteiger partial charge on any atom is -0.508 e. The number of aliphatic hydroxyl groups excluding tert-OH is 1. The molecule has 0 saturated carbocycles. The molecule has 2 atom stereocenters. The maximum atomic E-state index is 9.36. The van der Waals surface area contributed by atoms with Crippen LogP contribution in [0.25, 0.3) is 0 Å². The molecule has 1 fully saturated rings. The Morgan fingerprint density at radius 3 is 2.69 bits per heavy atom. The predicted molar refractivity (Wildman–Crippen MR) is 63.6 cm³/mol. The predicted octanol–water partition coefficient (Wildman–Crippen LogP) is 1.61. The first-order valence-corrected chi connectivity index (χ1v) is 5.78. The first-order valence-electron chi connectivity index (χ1n) is 5.78. The van der Waals surface area contributed by atoms with Gasteiger partial charge in [-0.1, -0.05) is 12.1 Å². The molecule has 3 heteroatoms. The summed E-state index contributed by atoms with van der Waals surface area (Å²) >= 11 is 0. The molecule has 1 aliphatic heterocycles. The second kappa shape index (κ2) is 4.44. The molecule has 1 heterocycles. The van der Waals surface area contributed by atoms with Crippen molar-refractivity contribution in [3.63, 3.8) is 0 Å². The average molecular weight is 221 g/mol. The molecule has 0 bridgehead atoms. The number of hydrogen-bond donors (Lipinski definition) is 3. The molecule has 0 aromatic heterocycles. The van der Waals surface area contributed by atoms with Crippen LogP contribution in [0.15, 0.2) is 24.3 Å². The van der Waals surface area contributed by atoms with Crippen molar-refractivity contribution < 1.29 is 10.2 Å². The van der Waals surface area contributed by atoms with Crippen LogP contribution in [-0.2, 0) is 0 Å². The van der Waals surface area contributed by atoms with Gasteiger partial charge in [-0.25, -0.2) is 0 Å². The molecule has 88 valence electrons. The van der Waals surface area contributed by atoms with E-state index in [9.17, 15) is 10.2 Å². The van der Waals surface area contributed by atoms with Gasteiger partial charge in [0.15, 0.2) is 0 Å². The summed E-state index contributed by atoms with van der Waals surface area (Å²) in [5, 5.41) is 22.0. The van der Waals surface area contributed by atoms with E-state index in [1.165, 1.54) is 5.56 Å². The quantitative estimate of drug-likeness (QED) is 0.711. The Morgan fingerprint density at radius 1 is 1.38 bits per heavy atom. The van der Waals surface area contributed by atoms with Crippen molar-refractivity contribution in [1.82, 2.24) is 5.32 Å². The van der Waals surface area contributed by atoms with Crippen molar-refractivity contribution in [1.29, 1.82) is 0 Å². The van der Waals surface area contributed by atoms with Gasteiger partial charge in [-0.05, 0) is 49.9 Å². The van der Waals surface area contributed by atoms with Gasteiger partial charge < -0.3 is 15.5 Å². The highest BCUT2D eigenvalue weighted by molar-refractivity contribution is 5.29. The van der Waals surface area contributed by atoms with Crippen LogP contribution in [0, 0.1) is 0 Å². The molecule has 2 rings (SSSR count). The minimum atomic E-state index is -0.166. The molecule has 1 aromatic rings. The van der Waals surface area contributed by atoms with E-state index in [0.717, 1.165) is 19.4 Å². The third-order valence-electron chi connectivity index (χ3n) is 3.45. The van der Waals surface area contributed by atoms with Gasteiger partial charge in [0.25, 0.3) is 0 Å². The third-order valence-corrected chi connectivity index (χ3v) is 3.45. The maximum absolute atomic E-state index is 9.36. The summed E-state index contributed by atoms with van der Waals surface area (Å²) in [6.45, 7) is 3.16. The molecule has 16 heavy (non-hydrogen) atoms. The molecule has 0 amide bonds. The van der Waals surface area contributed by atoms with E-state index < -0.39 is 0 Å². The zero-order valence-electron chi connectivity index (χ0n) is 9.61. The van der Waals surface area contributed by atoms with Crippen LogP contribution < -0.4 is 5.32 Å². The Hall–Kier alpha value is -1.06. The highest BCUT2D eigenvalue weighted by atomic mass is 16.3. The van der Waals surface area contributed by atoms with Crippen molar-refractivity contribution >= 4 is 0 Å². The Kier molecular flexibility index (Phi) is 3.17. The van der Waals surface area contributed by atoms with Crippen molar-refractivity contribution in [2.75, 3.05) is 13.2 Å². The summed E-state index contributed by atoms with van der Waals surface area (Å²) in [6.07, 6.45) is 2.02. The topological polar surface area (TPSA) is 52.5 Å². The minimum absolute atomic E-state index is 0.166. The molecule has 0 aliphatic carbocycles. The van der Waals surface area contributed by atoms with Gasteiger partial charge in [-0.3, -0.25) is 0 Å². The molecule has 1 saturated heterocycles. The van der Waals surface area contributed by atoms with Gasteiger partial charge in [0.1, 0.15) is 5.75 Å². The summed E-state index contributed by atoms with van der Waals surface area (Å²) < 4.78 is 0. The second-order valence-corrected chi connectivity index (χ2v) is 4.93. The number of hydrogen-bond acceptors (Lipinski definition) is 3. The lowest BCUT2D eigenvalue weighted by Crippen LogP contribution is -2.50. The van der Waals surface area contributed by atoms with Crippen LogP contribution in [0.1, 0.15) is 31.2 Å². The fourth-order valence-electron chi connectivity index (χ4n) is 2.42. The van der Waals surface area contributed by atoms with Crippen LogP contribution in [-0.4, -0.2) is 28.9 Å². The summed E-state index contributed by atoms with van der Waals surface area (Å²) in [5.41, 5.74) is 1.08. The van der Waals surface area contributed by atoms with Crippen LogP contribution >= 0.6 is 0 Å². The second-order valence-electron chi connectivity index (χ2n) is 4.93. The van der Waals surface area contributed by atoms with Gasteiger partial charge in [0.2, 0.25) is 0 Å². The van der Waals surface area contributed by atoms with Crippen LogP contribution in [0.2, 0.25) is 0 Å². The Balaban J connectivity index is 2.12. The van der Waals surface area contributed by atoms with Gasteiger partial charge in [-0.15, -0.1) is 0 Å². The van der Waals surface area contributed by atoms with Crippen molar-refractivity contribution in [3.8, 4) is 5.75 Å². The van der Waals surface area contributed by atoms with Crippen molar-refractivity contribution in [2.45, 2.75) is 31.2 Å². The molecular weight excluding hydrogens is 202 g/mol. The molecule has 3 N–H and O–H groups in total. The number of aromatic hydroxyl groups is 1. The average Bonchev–Trinajstić information content (AvgIpc) is 2.30. The van der Waals surface area contributed by atoms with Crippen LogP contribution in [0.5, 0.6) is 5.75 Å². The molecule has 3 nitrogen and oxygen atoms in total. The number of phenolic OH excluding ortho intramolecular Hbond substituents is 1. The van der Waals surface area contributed by atoms with E-state index in [2.05, 4.69) is 12.2 Å². The molecular formula is C13H19NO2. The van der Waals surface area contributed by atoms with Gasteiger partial charge in [-0.2, -0.15) is 0 Å². The first kappa shape index (κ1) is 11.4. The first-order chi connectivity index (χ1) is 7.63. The monoisotopic (exact) mass is 221 g/mol. The van der Waals surface area contributed by atoms with E-state index in [0.29, 0.717) is 11.7 Å². The highest BCUT2D eigenvalue weighted by Gasteiger charge is 2.31. The van der Waals surface area contributed by atoms with Crippen LogP contribution in [0.3, 0.4) is 0 Å². The summed E-state index contributed by atoms with van der Waals surface area (Å²) in [4.78, 5) is 0. The molecule has 0 radical (unpaired) electrons. The highest BCUT2D eigenvalue weighted by Crippen LogP contribution is 2.32. The van der Waals surface area contributed by atoms with E-state index >= 15 is 0 Å². The zero-order chi connectivity index (χ0) is 11.6. The van der Waals surface area contributed by atoms with E-state index in [1.54, 1.807) is 12.1 Å². The van der Waals surface area contributed by atoms with Crippen molar-refractivity contribution in [3.05, 3.63) is 29.8 Å². The Bertz CT molecular complexity index is 349. The Morgan fingerprint density at radius 2 is 2.06 bits per heavy atom. The molecule has 1 aliphatic rings. The molecule has 1 aromatic carbocycles. The lowest BCUT2D eigenvalue weighted by atomic mass is 9.80. The number of rotatable bonds is 2. The normalized spacial score (nSPS) is 30.2. The number of nitrogens with one attached hydrogen (secondary N) is 1. The van der Waals surface area contributed by atoms with Gasteiger partial charge in [0.05, 0.1) is 6.61 Å².